The first kappa shape index (κ1) is 16.4. The first-order valence-corrected chi connectivity index (χ1v) is 9.81. The van der Waals surface area contributed by atoms with E-state index < -0.39 is 11.0 Å². The Hall–Kier alpha value is -1.06. The molecule has 4 heteroatoms. The molecule has 0 aromatic carbocycles. The molecule has 5 saturated carbocycles. The second-order valence-corrected chi connectivity index (χ2v) is 9.15. The Labute approximate surface area is 144 Å². The molecular formula is C20H30O4. The van der Waals surface area contributed by atoms with Gasteiger partial charge in [-0.05, 0) is 76.0 Å². The first-order chi connectivity index (χ1) is 11.4. The lowest BCUT2D eigenvalue weighted by Crippen LogP contribution is -2.60. The van der Waals surface area contributed by atoms with Gasteiger partial charge in [0, 0.05) is 13.3 Å². The number of ether oxygens (including phenoxy) is 2. The highest BCUT2D eigenvalue weighted by Crippen LogP contribution is 2.63. The van der Waals surface area contributed by atoms with E-state index in [0.29, 0.717) is 18.3 Å². The molecule has 0 heterocycles. The second-order valence-electron chi connectivity index (χ2n) is 9.15. The van der Waals surface area contributed by atoms with Crippen molar-refractivity contribution in [3.05, 3.63) is 0 Å². The zero-order valence-electron chi connectivity index (χ0n) is 15.1. The smallest absolute Gasteiger partial charge is 0.312 e. The van der Waals surface area contributed by atoms with Gasteiger partial charge in [0.1, 0.15) is 11.2 Å². The van der Waals surface area contributed by atoms with Crippen molar-refractivity contribution in [3.63, 3.8) is 0 Å². The molecule has 2 atom stereocenters. The summed E-state index contributed by atoms with van der Waals surface area (Å²) in [5.74, 6) is 0.830. The Kier molecular flexibility index (Phi) is 3.74. The molecule has 5 aliphatic rings. The zero-order chi connectivity index (χ0) is 17.0. The van der Waals surface area contributed by atoms with Crippen LogP contribution in [-0.4, -0.2) is 23.1 Å². The molecular weight excluding hydrogens is 304 g/mol. The summed E-state index contributed by atoms with van der Waals surface area (Å²) in [7, 11) is 0. The summed E-state index contributed by atoms with van der Waals surface area (Å²) < 4.78 is 12.0. The minimum atomic E-state index is -0.399. The highest BCUT2D eigenvalue weighted by Gasteiger charge is 2.63. The number of hydrogen-bond acceptors (Lipinski definition) is 4. The van der Waals surface area contributed by atoms with Crippen LogP contribution < -0.4 is 0 Å². The standard InChI is InChI=1S/C20H30O4/c1-3-19(6-4-5-7-19)24-17(22)18-9-15-8-16(10-18)12-20(11-15,13-18)23-14(2)21/h15-16H,3-13H2,1-2H3. The minimum Gasteiger partial charge on any atom is -0.459 e. The molecule has 2 unspecified atom stereocenters. The molecule has 5 aliphatic carbocycles. The lowest BCUT2D eigenvalue weighted by Gasteiger charge is -2.60. The van der Waals surface area contributed by atoms with Gasteiger partial charge in [-0.1, -0.05) is 6.92 Å². The molecule has 0 N–H and O–H groups in total. The van der Waals surface area contributed by atoms with E-state index in [9.17, 15) is 9.59 Å². The van der Waals surface area contributed by atoms with Crippen LogP contribution in [0.1, 0.15) is 84.5 Å². The Morgan fingerprint density at radius 3 is 2.17 bits per heavy atom. The fourth-order valence-electron chi connectivity index (χ4n) is 6.69. The third-order valence-electron chi connectivity index (χ3n) is 7.27. The Morgan fingerprint density at radius 2 is 1.62 bits per heavy atom. The minimum absolute atomic E-state index is 0.0110. The van der Waals surface area contributed by atoms with E-state index in [2.05, 4.69) is 6.92 Å². The normalized spacial score (nSPS) is 42.1. The maximum atomic E-state index is 13.3. The molecule has 0 saturated heterocycles. The largest absolute Gasteiger partial charge is 0.459 e. The average Bonchev–Trinajstić information content (AvgIpc) is 2.93. The van der Waals surface area contributed by atoms with Crippen molar-refractivity contribution in [1.82, 2.24) is 0 Å². The molecule has 4 bridgehead atoms. The van der Waals surface area contributed by atoms with Crippen molar-refractivity contribution in [2.45, 2.75) is 95.7 Å². The number of esters is 2. The third-order valence-corrected chi connectivity index (χ3v) is 7.27. The van der Waals surface area contributed by atoms with Crippen LogP contribution in [0.15, 0.2) is 0 Å². The maximum absolute atomic E-state index is 13.3. The topological polar surface area (TPSA) is 52.6 Å². The van der Waals surface area contributed by atoms with E-state index in [4.69, 9.17) is 9.47 Å². The van der Waals surface area contributed by atoms with Gasteiger partial charge < -0.3 is 9.47 Å². The van der Waals surface area contributed by atoms with E-state index in [0.717, 1.165) is 57.8 Å². The van der Waals surface area contributed by atoms with Crippen molar-refractivity contribution >= 4 is 11.9 Å². The number of rotatable bonds is 4. The van der Waals surface area contributed by atoms with Gasteiger partial charge in [-0.15, -0.1) is 0 Å². The average molecular weight is 334 g/mol. The Balaban J connectivity index is 1.57. The van der Waals surface area contributed by atoms with E-state index >= 15 is 0 Å². The first-order valence-electron chi connectivity index (χ1n) is 9.81. The Bertz CT molecular complexity index is 532. The van der Waals surface area contributed by atoms with Gasteiger partial charge in [-0.3, -0.25) is 9.59 Å². The molecule has 5 rings (SSSR count). The van der Waals surface area contributed by atoms with Crippen LogP contribution in [0.4, 0.5) is 0 Å². The molecule has 0 spiro atoms. The molecule has 0 amide bonds. The van der Waals surface area contributed by atoms with Crippen LogP contribution in [0.3, 0.4) is 0 Å². The number of carbonyl (C=O) groups excluding carboxylic acids is 2. The molecule has 0 aromatic rings. The maximum Gasteiger partial charge on any atom is 0.312 e. The van der Waals surface area contributed by atoms with Crippen LogP contribution in [0.5, 0.6) is 0 Å². The number of carbonyl (C=O) groups is 2. The molecule has 4 nitrogen and oxygen atoms in total. The Morgan fingerprint density at radius 1 is 1.00 bits per heavy atom. The lowest BCUT2D eigenvalue weighted by molar-refractivity contribution is -0.218. The van der Waals surface area contributed by atoms with Crippen LogP contribution in [0, 0.1) is 17.3 Å². The van der Waals surface area contributed by atoms with Gasteiger partial charge in [-0.25, -0.2) is 0 Å². The van der Waals surface area contributed by atoms with E-state index in [1.807, 2.05) is 0 Å². The molecule has 0 aliphatic heterocycles. The van der Waals surface area contributed by atoms with Crippen LogP contribution in [0.2, 0.25) is 0 Å². The summed E-state index contributed by atoms with van der Waals surface area (Å²) in [6, 6.07) is 0. The van der Waals surface area contributed by atoms with Crippen molar-refractivity contribution < 1.29 is 19.1 Å². The van der Waals surface area contributed by atoms with Crippen LogP contribution in [0.25, 0.3) is 0 Å². The summed E-state index contributed by atoms with van der Waals surface area (Å²) >= 11 is 0. The third kappa shape index (κ3) is 2.57. The molecule has 24 heavy (non-hydrogen) atoms. The zero-order valence-corrected chi connectivity index (χ0v) is 15.1. The van der Waals surface area contributed by atoms with Gasteiger partial charge in [-0.2, -0.15) is 0 Å². The fourth-order valence-corrected chi connectivity index (χ4v) is 6.69. The summed E-state index contributed by atoms with van der Waals surface area (Å²) in [6.45, 7) is 3.63. The lowest BCUT2D eigenvalue weighted by atomic mass is 9.48. The SMILES string of the molecule is CCC1(OC(=O)C23CC4CC(CC(OC(C)=O)(C4)C2)C3)CCCC1. The van der Waals surface area contributed by atoms with Crippen molar-refractivity contribution in [1.29, 1.82) is 0 Å². The number of hydrogen-bond donors (Lipinski definition) is 0. The predicted octanol–water partition coefficient (Wildman–Crippen LogP) is 4.15. The molecule has 0 radical (unpaired) electrons. The highest BCUT2D eigenvalue weighted by atomic mass is 16.6. The van der Waals surface area contributed by atoms with E-state index in [1.165, 1.54) is 13.3 Å². The molecule has 5 fully saturated rings. The van der Waals surface area contributed by atoms with Crippen molar-refractivity contribution in [2.75, 3.05) is 0 Å². The van der Waals surface area contributed by atoms with E-state index in [-0.39, 0.29) is 17.5 Å². The second kappa shape index (κ2) is 5.47. The molecule has 0 aromatic heterocycles. The summed E-state index contributed by atoms with van der Waals surface area (Å²) in [4.78, 5) is 24.9. The summed E-state index contributed by atoms with van der Waals surface area (Å²) in [5.41, 5.74) is -1.02. The van der Waals surface area contributed by atoms with Gasteiger partial charge in [0.25, 0.3) is 0 Å². The van der Waals surface area contributed by atoms with Crippen molar-refractivity contribution in [3.8, 4) is 0 Å². The van der Waals surface area contributed by atoms with Crippen LogP contribution in [-0.2, 0) is 19.1 Å². The summed E-state index contributed by atoms with van der Waals surface area (Å²) in [5, 5.41) is 0. The van der Waals surface area contributed by atoms with Gasteiger partial charge in [0.2, 0.25) is 0 Å². The fraction of sp³-hybridized carbons (Fsp3) is 0.900. The van der Waals surface area contributed by atoms with Crippen LogP contribution >= 0.6 is 0 Å². The van der Waals surface area contributed by atoms with Gasteiger partial charge in [0.05, 0.1) is 5.41 Å². The predicted molar refractivity (Wildman–Crippen MR) is 89.2 cm³/mol. The highest BCUT2D eigenvalue weighted by molar-refractivity contribution is 5.78. The van der Waals surface area contributed by atoms with Gasteiger partial charge >= 0.3 is 11.9 Å². The molecule has 134 valence electrons. The van der Waals surface area contributed by atoms with Crippen molar-refractivity contribution in [2.24, 2.45) is 17.3 Å². The quantitative estimate of drug-likeness (QED) is 0.725. The van der Waals surface area contributed by atoms with Gasteiger partial charge in [0.15, 0.2) is 0 Å². The van der Waals surface area contributed by atoms with E-state index in [1.54, 1.807) is 0 Å². The summed E-state index contributed by atoms with van der Waals surface area (Å²) in [6.07, 6.45) is 10.9. The monoisotopic (exact) mass is 334 g/mol.